The lowest BCUT2D eigenvalue weighted by molar-refractivity contribution is 0.0563. The van der Waals surface area contributed by atoms with Crippen LogP contribution in [-0.4, -0.2) is 18.1 Å². The second kappa shape index (κ2) is 7.10. The summed E-state index contributed by atoms with van der Waals surface area (Å²) < 4.78 is 10.2. The lowest BCUT2D eigenvalue weighted by Crippen LogP contribution is -2.07. The summed E-state index contributed by atoms with van der Waals surface area (Å²) in [4.78, 5) is 16.2. The summed E-state index contributed by atoms with van der Waals surface area (Å²) in [5.41, 5.74) is 2.90. The van der Waals surface area contributed by atoms with E-state index in [1.807, 2.05) is 13.0 Å². The second-order valence-electron chi connectivity index (χ2n) is 5.72. The summed E-state index contributed by atoms with van der Waals surface area (Å²) >= 11 is 1.47. The van der Waals surface area contributed by atoms with Crippen molar-refractivity contribution in [3.05, 3.63) is 46.5 Å². The van der Waals surface area contributed by atoms with Crippen LogP contribution in [0, 0.1) is 11.3 Å². The van der Waals surface area contributed by atoms with E-state index in [-0.39, 0.29) is 11.0 Å². The van der Waals surface area contributed by atoms with E-state index >= 15 is 0 Å². The van der Waals surface area contributed by atoms with E-state index in [2.05, 4.69) is 10.8 Å². The number of nitrogens with zero attached hydrogens (tertiary/aromatic N) is 2. The highest BCUT2D eigenvalue weighted by Gasteiger charge is 2.20. The van der Waals surface area contributed by atoms with Gasteiger partial charge in [0.05, 0.1) is 17.9 Å². The minimum Gasteiger partial charge on any atom is -0.463 e. The summed E-state index contributed by atoms with van der Waals surface area (Å²) in [7, 11) is 1.32. The van der Waals surface area contributed by atoms with Crippen LogP contribution in [0.25, 0.3) is 0 Å². The lowest BCUT2D eigenvalue weighted by atomic mass is 9.95. The topological polar surface area (TPSA) is 76.1 Å². The van der Waals surface area contributed by atoms with Gasteiger partial charge in [0, 0.05) is 5.69 Å². The van der Waals surface area contributed by atoms with E-state index in [9.17, 15) is 10.1 Å². The van der Waals surface area contributed by atoms with E-state index in [4.69, 9.17) is 9.40 Å². The highest BCUT2D eigenvalue weighted by molar-refractivity contribution is 7.99. The van der Waals surface area contributed by atoms with Crippen molar-refractivity contribution in [1.82, 2.24) is 4.98 Å². The zero-order valence-electron chi connectivity index (χ0n) is 13.7. The molecule has 2 aromatic rings. The number of ether oxygens (including phenoxy) is 1. The Morgan fingerprint density at radius 1 is 1.42 bits per heavy atom. The van der Waals surface area contributed by atoms with Crippen molar-refractivity contribution in [3.63, 3.8) is 0 Å². The fraction of sp³-hybridized carbons (Fsp3) is 0.389. The number of aromatic nitrogens is 1. The van der Waals surface area contributed by atoms with Crippen molar-refractivity contribution in [2.75, 3.05) is 7.11 Å². The Labute approximate surface area is 145 Å². The molecule has 124 valence electrons. The summed E-state index contributed by atoms with van der Waals surface area (Å²) in [5, 5.41) is 10.1. The molecule has 0 aliphatic heterocycles. The number of methoxy groups -OCH3 is 1. The number of nitriles is 1. The minimum atomic E-state index is -0.497. The molecular formula is C18H18N2O3S. The molecule has 2 aromatic heterocycles. The van der Waals surface area contributed by atoms with E-state index in [1.165, 1.54) is 24.4 Å². The number of aryl methyl sites for hydroxylation is 2. The van der Waals surface area contributed by atoms with E-state index < -0.39 is 5.97 Å². The Bertz CT molecular complexity index is 807. The maximum absolute atomic E-state index is 11.5. The van der Waals surface area contributed by atoms with Gasteiger partial charge in [0.25, 0.3) is 0 Å². The van der Waals surface area contributed by atoms with Crippen molar-refractivity contribution in [1.29, 1.82) is 5.26 Å². The normalized spacial score (nSPS) is 14.5. The quantitative estimate of drug-likeness (QED) is 0.616. The fourth-order valence-corrected chi connectivity index (χ4v) is 3.76. The number of pyridine rings is 1. The SMILES string of the molecule is COC(=O)c1ccc(C(C)Sc2nc3c(cc2C#N)CCCC3)o1. The number of esters is 1. The number of carbonyl (C=O) groups is 1. The Kier molecular flexibility index (Phi) is 4.91. The first kappa shape index (κ1) is 16.6. The first-order valence-corrected chi connectivity index (χ1v) is 8.78. The van der Waals surface area contributed by atoms with Crippen LogP contribution in [0.15, 0.2) is 27.6 Å². The molecule has 1 atom stereocenters. The lowest BCUT2D eigenvalue weighted by Gasteiger charge is -2.17. The minimum absolute atomic E-state index is 0.0651. The standard InChI is InChI=1S/C18H18N2O3S/c1-11(15-7-8-16(23-15)18(21)22-2)24-17-13(10-19)9-12-5-3-4-6-14(12)20-17/h7-9,11H,3-6H2,1-2H3. The second-order valence-corrected chi connectivity index (χ2v) is 7.05. The molecule has 3 rings (SSSR count). The molecule has 0 N–H and O–H groups in total. The van der Waals surface area contributed by atoms with Crippen molar-refractivity contribution in [2.45, 2.75) is 42.9 Å². The maximum Gasteiger partial charge on any atom is 0.373 e. The first-order valence-electron chi connectivity index (χ1n) is 7.90. The molecule has 0 radical (unpaired) electrons. The van der Waals surface area contributed by atoms with Gasteiger partial charge in [-0.3, -0.25) is 0 Å². The van der Waals surface area contributed by atoms with Crippen LogP contribution in [0.2, 0.25) is 0 Å². The van der Waals surface area contributed by atoms with Crippen molar-refractivity contribution in [3.8, 4) is 6.07 Å². The molecule has 24 heavy (non-hydrogen) atoms. The molecule has 0 saturated heterocycles. The average molecular weight is 342 g/mol. The van der Waals surface area contributed by atoms with Gasteiger partial charge in [-0.25, -0.2) is 9.78 Å². The maximum atomic E-state index is 11.5. The first-order chi connectivity index (χ1) is 11.6. The third-order valence-corrected chi connectivity index (χ3v) is 5.21. The van der Waals surface area contributed by atoms with Gasteiger partial charge >= 0.3 is 5.97 Å². The number of thioether (sulfide) groups is 1. The summed E-state index contributed by atoms with van der Waals surface area (Å²) in [5.74, 6) is 0.339. The molecule has 6 heteroatoms. The van der Waals surface area contributed by atoms with Crippen LogP contribution in [0.1, 0.15) is 58.2 Å². The van der Waals surface area contributed by atoms with Crippen molar-refractivity contribution >= 4 is 17.7 Å². The Morgan fingerprint density at radius 2 is 2.21 bits per heavy atom. The molecule has 0 bridgehead atoms. The van der Waals surface area contributed by atoms with Crippen LogP contribution in [0.4, 0.5) is 0 Å². The number of hydrogen-bond donors (Lipinski definition) is 0. The highest BCUT2D eigenvalue weighted by Crippen LogP contribution is 2.37. The molecule has 0 spiro atoms. The predicted octanol–water partition coefficient (Wildman–Crippen LogP) is 4.06. The van der Waals surface area contributed by atoms with E-state index in [1.54, 1.807) is 12.1 Å². The molecule has 1 unspecified atom stereocenters. The van der Waals surface area contributed by atoms with Crippen LogP contribution in [0.3, 0.4) is 0 Å². The molecule has 0 fully saturated rings. The molecule has 0 aromatic carbocycles. The summed E-state index contributed by atoms with van der Waals surface area (Å²) in [6.45, 7) is 1.97. The Balaban J connectivity index is 1.83. The Hall–Kier alpha value is -2.26. The molecule has 1 aliphatic rings. The van der Waals surface area contributed by atoms with Gasteiger partial charge < -0.3 is 9.15 Å². The average Bonchev–Trinajstić information content (AvgIpc) is 3.10. The number of furan rings is 1. The van der Waals surface area contributed by atoms with Gasteiger partial charge in [0.15, 0.2) is 0 Å². The number of hydrogen-bond acceptors (Lipinski definition) is 6. The third-order valence-electron chi connectivity index (χ3n) is 4.09. The van der Waals surface area contributed by atoms with E-state index in [0.29, 0.717) is 11.3 Å². The van der Waals surface area contributed by atoms with Crippen LogP contribution < -0.4 is 0 Å². The van der Waals surface area contributed by atoms with Gasteiger partial charge in [0.2, 0.25) is 5.76 Å². The van der Waals surface area contributed by atoms with Gasteiger partial charge in [-0.05, 0) is 56.4 Å². The van der Waals surface area contributed by atoms with Gasteiger partial charge in [-0.2, -0.15) is 5.26 Å². The number of fused-ring (bicyclic) bond motifs is 1. The smallest absolute Gasteiger partial charge is 0.373 e. The molecule has 5 nitrogen and oxygen atoms in total. The number of carbonyl (C=O) groups excluding carboxylic acids is 1. The molecule has 2 heterocycles. The molecule has 1 aliphatic carbocycles. The summed E-state index contributed by atoms with van der Waals surface area (Å²) in [6, 6.07) is 7.58. The zero-order chi connectivity index (χ0) is 17.1. The largest absolute Gasteiger partial charge is 0.463 e. The van der Waals surface area contributed by atoms with Crippen LogP contribution in [-0.2, 0) is 17.6 Å². The molecular weight excluding hydrogens is 324 g/mol. The molecule has 0 amide bonds. The third kappa shape index (κ3) is 3.31. The predicted molar refractivity (Wildman–Crippen MR) is 89.9 cm³/mol. The van der Waals surface area contributed by atoms with Gasteiger partial charge in [0.1, 0.15) is 16.9 Å². The van der Waals surface area contributed by atoms with Crippen molar-refractivity contribution in [2.24, 2.45) is 0 Å². The van der Waals surface area contributed by atoms with Crippen LogP contribution >= 0.6 is 11.8 Å². The van der Waals surface area contributed by atoms with Crippen LogP contribution in [0.5, 0.6) is 0 Å². The molecule has 0 saturated carbocycles. The summed E-state index contributed by atoms with van der Waals surface area (Å²) in [6.07, 6.45) is 4.27. The number of rotatable bonds is 4. The zero-order valence-corrected chi connectivity index (χ0v) is 14.5. The van der Waals surface area contributed by atoms with Crippen molar-refractivity contribution < 1.29 is 13.9 Å². The fourth-order valence-electron chi connectivity index (χ4n) is 2.79. The van der Waals surface area contributed by atoms with Gasteiger partial charge in [-0.15, -0.1) is 0 Å². The monoisotopic (exact) mass is 342 g/mol. The highest BCUT2D eigenvalue weighted by atomic mass is 32.2. The van der Waals surface area contributed by atoms with Gasteiger partial charge in [-0.1, -0.05) is 11.8 Å². The van der Waals surface area contributed by atoms with E-state index in [0.717, 1.165) is 36.4 Å². The Morgan fingerprint density at radius 3 is 2.96 bits per heavy atom.